The summed E-state index contributed by atoms with van der Waals surface area (Å²) in [6.07, 6.45) is -12.2. The van der Waals surface area contributed by atoms with E-state index in [0.29, 0.717) is 49.3 Å². The van der Waals surface area contributed by atoms with E-state index in [1.165, 1.54) is 0 Å². The van der Waals surface area contributed by atoms with Crippen molar-refractivity contribution in [1.82, 2.24) is 14.5 Å². The zero-order valence-corrected chi connectivity index (χ0v) is 27.5. The van der Waals surface area contributed by atoms with Crippen molar-refractivity contribution in [2.45, 2.75) is 106 Å². The molecular formula is C31H44N4O13S. The molecule has 3 aliphatic heterocycles. The van der Waals surface area contributed by atoms with E-state index in [0.717, 1.165) is 17.1 Å². The van der Waals surface area contributed by atoms with Crippen molar-refractivity contribution in [3.8, 4) is 11.3 Å². The zero-order chi connectivity index (χ0) is 35.1. The van der Waals surface area contributed by atoms with Gasteiger partial charge in [-0.05, 0) is 25.7 Å². The van der Waals surface area contributed by atoms with Gasteiger partial charge < -0.3 is 64.9 Å². The highest BCUT2D eigenvalue weighted by molar-refractivity contribution is 7.10. The third-order valence-electron chi connectivity index (χ3n) is 8.93. The number of aliphatic hydroxyl groups excluding tert-OH is 7. The largest absolute Gasteiger partial charge is 0.394 e. The van der Waals surface area contributed by atoms with Gasteiger partial charge in [0, 0.05) is 36.7 Å². The number of nitrogens with zero attached hydrogens (tertiary/aromatic N) is 3. The molecule has 3 aliphatic rings. The van der Waals surface area contributed by atoms with Crippen molar-refractivity contribution in [3.05, 3.63) is 30.3 Å². The van der Waals surface area contributed by atoms with Gasteiger partial charge in [0.2, 0.25) is 11.8 Å². The van der Waals surface area contributed by atoms with Gasteiger partial charge in [0.15, 0.2) is 12.6 Å². The Hall–Kier alpha value is -2.72. The Labute approximate surface area is 286 Å². The smallest absolute Gasteiger partial charge is 0.247 e. The maximum absolute atomic E-state index is 13.2. The number of amides is 2. The molecule has 3 saturated heterocycles. The average molecular weight is 713 g/mol. The Bertz CT molecular complexity index is 1350. The summed E-state index contributed by atoms with van der Waals surface area (Å²) in [4.78, 5) is 27.8. The quantitative estimate of drug-likeness (QED) is 0.102. The minimum atomic E-state index is -1.76. The van der Waals surface area contributed by atoms with Gasteiger partial charge in [-0.25, -0.2) is 0 Å². The van der Waals surface area contributed by atoms with Crippen molar-refractivity contribution >= 4 is 28.3 Å². The van der Waals surface area contributed by atoms with E-state index < -0.39 is 80.7 Å². The molecule has 0 bridgehead atoms. The highest BCUT2D eigenvalue weighted by Gasteiger charge is 2.50. The Morgan fingerprint density at radius 3 is 2.35 bits per heavy atom. The zero-order valence-electron chi connectivity index (χ0n) is 26.6. The summed E-state index contributed by atoms with van der Waals surface area (Å²) < 4.78 is 26.1. The number of likely N-dealkylation sites (tertiary alicyclic amines) is 1. The maximum atomic E-state index is 13.2. The lowest BCUT2D eigenvalue weighted by atomic mass is 9.97. The van der Waals surface area contributed by atoms with E-state index in [1.807, 2.05) is 30.3 Å². The van der Waals surface area contributed by atoms with E-state index >= 15 is 0 Å². The predicted octanol–water partition coefficient (Wildman–Crippen LogP) is -1.66. The number of aromatic nitrogens is 2. The Morgan fingerprint density at radius 1 is 0.898 bits per heavy atom. The molecule has 0 saturated carbocycles. The first-order valence-corrected chi connectivity index (χ1v) is 17.1. The third-order valence-corrected chi connectivity index (χ3v) is 9.57. The lowest BCUT2D eigenvalue weighted by Gasteiger charge is -2.45. The number of hydrogen-bond donors (Lipinski definition) is 8. The summed E-state index contributed by atoms with van der Waals surface area (Å²) in [5.74, 6) is -0.410. The van der Waals surface area contributed by atoms with Crippen LogP contribution in [0.5, 0.6) is 0 Å². The van der Waals surface area contributed by atoms with Gasteiger partial charge in [-0.2, -0.15) is 0 Å². The fourth-order valence-corrected chi connectivity index (χ4v) is 6.78. The van der Waals surface area contributed by atoms with Crippen LogP contribution in [-0.4, -0.2) is 156 Å². The normalized spacial score (nSPS) is 33.4. The van der Waals surface area contributed by atoms with Gasteiger partial charge >= 0.3 is 0 Å². The highest BCUT2D eigenvalue weighted by Crippen LogP contribution is 2.31. The fraction of sp³-hybridized carbons (Fsp3) is 0.677. The van der Waals surface area contributed by atoms with E-state index in [-0.39, 0.29) is 24.8 Å². The fourth-order valence-electron chi connectivity index (χ4n) is 6.18. The van der Waals surface area contributed by atoms with Crippen LogP contribution in [0.4, 0.5) is 5.00 Å². The van der Waals surface area contributed by atoms with Gasteiger partial charge in [0.25, 0.3) is 0 Å². The first-order valence-electron chi connectivity index (χ1n) is 16.3. The number of aliphatic hydroxyl groups is 7. The van der Waals surface area contributed by atoms with Gasteiger partial charge in [0.1, 0.15) is 65.6 Å². The number of benzene rings is 1. The Kier molecular flexibility index (Phi) is 13.4. The van der Waals surface area contributed by atoms with Gasteiger partial charge in [-0.1, -0.05) is 41.2 Å². The standard InChI is InChI=1S/C31H44N4O13S/c36-14-18-22(39)23(40)25(42)31(46-18)48-27-19(15-37)47-30(26(43)24(27)41)45-13-6-2-5-11-20(38)35-12-7-10-17(35)28(44)32-29-21(33-34-49-29)16-8-3-1-4-9-16/h1,3-4,8-9,17-19,22-27,30-31,36-37,39-43H,2,5-7,10-15H2,(H,32,44)/t17-,18?,19?,22-,23-,24+,25?,26?,27+,30+,31-/m0/s1. The molecule has 4 heterocycles. The molecule has 0 aliphatic carbocycles. The minimum absolute atomic E-state index is 0.0976. The molecule has 8 N–H and O–H groups in total. The van der Waals surface area contributed by atoms with Gasteiger partial charge in [0.05, 0.1) is 13.2 Å². The van der Waals surface area contributed by atoms with E-state index in [2.05, 4.69) is 14.9 Å². The highest BCUT2D eigenvalue weighted by atomic mass is 32.1. The summed E-state index contributed by atoms with van der Waals surface area (Å²) in [6.45, 7) is -0.777. The van der Waals surface area contributed by atoms with Crippen LogP contribution in [0.3, 0.4) is 0 Å². The molecule has 49 heavy (non-hydrogen) atoms. The van der Waals surface area contributed by atoms with Crippen molar-refractivity contribution < 1.29 is 64.3 Å². The number of carbonyl (C=O) groups is 2. The number of ether oxygens (including phenoxy) is 4. The van der Waals surface area contributed by atoms with Crippen LogP contribution in [0.2, 0.25) is 0 Å². The number of hydrogen-bond acceptors (Lipinski definition) is 16. The number of nitrogens with one attached hydrogen (secondary N) is 1. The first-order chi connectivity index (χ1) is 23.6. The van der Waals surface area contributed by atoms with Crippen LogP contribution in [-0.2, 0) is 28.5 Å². The second kappa shape index (κ2) is 17.5. The van der Waals surface area contributed by atoms with E-state index in [4.69, 9.17) is 18.9 Å². The number of rotatable bonds is 14. The topological polar surface area (TPSA) is 254 Å². The molecule has 0 spiro atoms. The average Bonchev–Trinajstić information content (AvgIpc) is 3.80. The molecule has 11 atom stereocenters. The lowest BCUT2D eigenvalue weighted by molar-refractivity contribution is -0.359. The maximum Gasteiger partial charge on any atom is 0.247 e. The molecule has 3 fully saturated rings. The number of carbonyl (C=O) groups excluding carboxylic acids is 2. The van der Waals surface area contributed by atoms with Crippen LogP contribution in [0.25, 0.3) is 11.3 Å². The predicted molar refractivity (Wildman–Crippen MR) is 170 cm³/mol. The van der Waals surface area contributed by atoms with Crippen molar-refractivity contribution in [2.24, 2.45) is 0 Å². The van der Waals surface area contributed by atoms with Gasteiger partial charge in [-0.15, -0.1) is 5.10 Å². The summed E-state index contributed by atoms with van der Waals surface area (Å²) in [7, 11) is 0. The van der Waals surface area contributed by atoms with Crippen LogP contribution in [0.1, 0.15) is 38.5 Å². The summed E-state index contributed by atoms with van der Waals surface area (Å²) in [5.41, 5.74) is 1.40. The SMILES string of the molecule is O=C(Nc1snnc1-c1ccccc1)[C@@H]1CCCN1C(=O)CCCCCO[C@@H]1OC(CO)[C@@H](O[C@@H]2OC(CO)[C@H](O)[C@H](O)C2O)[C@H](O)C1O. The van der Waals surface area contributed by atoms with E-state index in [1.54, 1.807) is 4.90 Å². The number of unbranched alkanes of at least 4 members (excludes halogenated alkanes) is 2. The molecule has 18 heteroatoms. The minimum Gasteiger partial charge on any atom is -0.394 e. The van der Waals surface area contributed by atoms with E-state index in [9.17, 15) is 45.3 Å². The molecule has 17 nitrogen and oxygen atoms in total. The molecule has 1 aromatic carbocycles. The molecule has 1 aromatic heterocycles. The Morgan fingerprint density at radius 2 is 1.61 bits per heavy atom. The molecule has 0 radical (unpaired) electrons. The molecule has 2 aromatic rings. The molecule has 2 amide bonds. The second-order valence-corrected chi connectivity index (χ2v) is 13.0. The van der Waals surface area contributed by atoms with Crippen molar-refractivity contribution in [3.63, 3.8) is 0 Å². The lowest BCUT2D eigenvalue weighted by Crippen LogP contribution is -2.64. The molecule has 5 rings (SSSR count). The van der Waals surface area contributed by atoms with Crippen LogP contribution in [0.15, 0.2) is 30.3 Å². The second-order valence-electron chi connectivity index (χ2n) is 12.2. The van der Waals surface area contributed by atoms with Crippen LogP contribution >= 0.6 is 11.5 Å². The molecule has 272 valence electrons. The third kappa shape index (κ3) is 8.78. The first kappa shape index (κ1) is 37.5. The van der Waals surface area contributed by atoms with Crippen molar-refractivity contribution in [2.75, 3.05) is 31.7 Å². The summed E-state index contributed by atoms with van der Waals surface area (Å²) in [6, 6.07) is 8.80. The van der Waals surface area contributed by atoms with Crippen LogP contribution < -0.4 is 5.32 Å². The molecule has 4 unspecified atom stereocenters. The Balaban J connectivity index is 1.03. The number of anilines is 1. The van der Waals surface area contributed by atoms with Crippen LogP contribution in [0, 0.1) is 0 Å². The van der Waals surface area contributed by atoms with Crippen molar-refractivity contribution in [1.29, 1.82) is 0 Å². The molecular weight excluding hydrogens is 668 g/mol. The monoisotopic (exact) mass is 712 g/mol. The summed E-state index contributed by atoms with van der Waals surface area (Å²) >= 11 is 1.08. The summed E-state index contributed by atoms with van der Waals surface area (Å²) in [5, 5.41) is 78.5. The van der Waals surface area contributed by atoms with Gasteiger partial charge in [-0.3, -0.25) is 9.59 Å².